The Balaban J connectivity index is 1.92. The third-order valence-corrected chi connectivity index (χ3v) is 6.23. The van der Waals surface area contributed by atoms with Gasteiger partial charge in [0.05, 0.1) is 17.0 Å². The van der Waals surface area contributed by atoms with Crippen LogP contribution in [0.1, 0.15) is 18.9 Å². The van der Waals surface area contributed by atoms with E-state index in [2.05, 4.69) is 4.90 Å². The van der Waals surface area contributed by atoms with Crippen molar-refractivity contribution in [2.75, 3.05) is 27.2 Å². The maximum atomic E-state index is 13.2. The Bertz CT molecular complexity index is 1020. The Morgan fingerprint density at radius 2 is 1.85 bits per heavy atom. The molecule has 0 aliphatic carbocycles. The molecule has 5 nitrogen and oxygen atoms in total. The molecule has 0 bridgehead atoms. The average molecular weight is 387 g/mol. The van der Waals surface area contributed by atoms with E-state index in [1.165, 1.54) is 3.97 Å². The van der Waals surface area contributed by atoms with E-state index >= 15 is 0 Å². The first kappa shape index (κ1) is 19.5. The van der Waals surface area contributed by atoms with E-state index < -0.39 is 10.0 Å². The van der Waals surface area contributed by atoms with Crippen LogP contribution in [0.15, 0.2) is 59.6 Å². The predicted molar refractivity (Wildman–Crippen MR) is 109 cm³/mol. The lowest BCUT2D eigenvalue weighted by molar-refractivity contribution is 0.279. The first-order valence-electron chi connectivity index (χ1n) is 9.15. The van der Waals surface area contributed by atoms with Crippen LogP contribution in [0.2, 0.25) is 0 Å². The van der Waals surface area contributed by atoms with Gasteiger partial charge in [0.2, 0.25) is 0 Å². The van der Waals surface area contributed by atoms with Crippen LogP contribution in [-0.4, -0.2) is 44.5 Å². The number of aromatic nitrogens is 1. The molecule has 0 aliphatic heterocycles. The number of fused-ring (bicyclic) bond motifs is 1. The summed E-state index contributed by atoms with van der Waals surface area (Å²) in [5.74, 6) is 0.647. The van der Waals surface area contributed by atoms with Crippen LogP contribution in [0.4, 0.5) is 0 Å². The molecule has 0 radical (unpaired) electrons. The highest BCUT2D eigenvalue weighted by Crippen LogP contribution is 2.27. The second-order valence-corrected chi connectivity index (χ2v) is 8.62. The predicted octanol–water partition coefficient (Wildman–Crippen LogP) is 3.77. The number of rotatable bonds is 8. The maximum Gasteiger partial charge on any atom is 0.268 e. The largest absolute Gasteiger partial charge is 0.493 e. The van der Waals surface area contributed by atoms with Gasteiger partial charge in [-0.25, -0.2) is 12.4 Å². The van der Waals surface area contributed by atoms with E-state index in [1.54, 1.807) is 18.3 Å². The fourth-order valence-corrected chi connectivity index (χ4v) is 4.43. The fraction of sp³-hybridized carbons (Fsp3) is 0.333. The SMILES string of the molecule is CCc1ccc(S(=O)(=O)n2ccc3ccccc32)cc1OCCCN(C)C. The van der Waals surface area contributed by atoms with E-state index in [-0.39, 0.29) is 4.90 Å². The van der Waals surface area contributed by atoms with Crippen molar-refractivity contribution in [1.29, 1.82) is 0 Å². The number of aryl methyl sites for hydroxylation is 1. The number of para-hydroxylation sites is 1. The van der Waals surface area contributed by atoms with E-state index in [0.717, 1.165) is 30.3 Å². The quantitative estimate of drug-likeness (QED) is 0.553. The normalized spacial score (nSPS) is 12.0. The van der Waals surface area contributed by atoms with Gasteiger partial charge in [0.1, 0.15) is 5.75 Å². The summed E-state index contributed by atoms with van der Waals surface area (Å²) in [6.07, 6.45) is 3.27. The highest BCUT2D eigenvalue weighted by atomic mass is 32.2. The van der Waals surface area contributed by atoms with Crippen LogP contribution in [-0.2, 0) is 16.4 Å². The summed E-state index contributed by atoms with van der Waals surface area (Å²) >= 11 is 0. The van der Waals surface area contributed by atoms with Gasteiger partial charge in [-0.2, -0.15) is 0 Å². The molecule has 1 aromatic heterocycles. The zero-order chi connectivity index (χ0) is 19.4. The zero-order valence-corrected chi connectivity index (χ0v) is 16.9. The molecule has 1 heterocycles. The molecule has 0 unspecified atom stereocenters. The number of hydrogen-bond acceptors (Lipinski definition) is 4. The Kier molecular flexibility index (Phi) is 5.87. The molecular weight excluding hydrogens is 360 g/mol. The monoisotopic (exact) mass is 386 g/mol. The van der Waals surface area contributed by atoms with Crippen molar-refractivity contribution in [3.05, 3.63) is 60.3 Å². The van der Waals surface area contributed by atoms with Crippen LogP contribution in [0.5, 0.6) is 5.75 Å². The lowest BCUT2D eigenvalue weighted by Crippen LogP contribution is -2.16. The van der Waals surface area contributed by atoms with Gasteiger partial charge in [-0.05, 0) is 50.7 Å². The van der Waals surface area contributed by atoms with Crippen molar-refractivity contribution >= 4 is 20.9 Å². The molecule has 3 aromatic rings. The Morgan fingerprint density at radius 3 is 2.59 bits per heavy atom. The molecule has 2 aromatic carbocycles. The minimum atomic E-state index is -3.69. The fourth-order valence-electron chi connectivity index (χ4n) is 3.07. The molecule has 0 spiro atoms. The lowest BCUT2D eigenvalue weighted by Gasteiger charge is -2.15. The van der Waals surface area contributed by atoms with Gasteiger partial charge in [0.15, 0.2) is 0 Å². The summed E-state index contributed by atoms with van der Waals surface area (Å²) in [4.78, 5) is 2.34. The first-order valence-corrected chi connectivity index (χ1v) is 10.6. The van der Waals surface area contributed by atoms with Gasteiger partial charge in [0.25, 0.3) is 10.0 Å². The molecule has 0 saturated heterocycles. The van der Waals surface area contributed by atoms with Crippen LogP contribution in [0, 0.1) is 0 Å². The first-order chi connectivity index (χ1) is 12.9. The van der Waals surface area contributed by atoms with Crippen molar-refractivity contribution < 1.29 is 13.2 Å². The van der Waals surface area contributed by atoms with Gasteiger partial charge >= 0.3 is 0 Å². The number of nitrogens with zero attached hydrogens (tertiary/aromatic N) is 2. The average Bonchev–Trinajstić information content (AvgIpc) is 3.10. The minimum Gasteiger partial charge on any atom is -0.493 e. The van der Waals surface area contributed by atoms with Crippen LogP contribution in [0.25, 0.3) is 10.9 Å². The lowest BCUT2D eigenvalue weighted by atomic mass is 10.1. The molecule has 144 valence electrons. The van der Waals surface area contributed by atoms with Crippen molar-refractivity contribution in [3.8, 4) is 5.75 Å². The number of hydrogen-bond donors (Lipinski definition) is 0. The van der Waals surface area contributed by atoms with Crippen molar-refractivity contribution in [2.45, 2.75) is 24.7 Å². The summed E-state index contributed by atoms with van der Waals surface area (Å²) < 4.78 is 33.6. The van der Waals surface area contributed by atoms with Crippen LogP contribution < -0.4 is 4.74 Å². The second-order valence-electron chi connectivity index (χ2n) is 6.80. The molecule has 0 fully saturated rings. The maximum absolute atomic E-state index is 13.2. The standard InChI is InChI=1S/C21H26N2O3S/c1-4-17-10-11-19(16-21(17)26-15-7-13-22(2)3)27(24,25)23-14-12-18-8-5-6-9-20(18)23/h5-6,8-12,14,16H,4,7,13,15H2,1-3H3. The van der Waals surface area contributed by atoms with Crippen molar-refractivity contribution in [2.24, 2.45) is 0 Å². The second kappa shape index (κ2) is 8.15. The molecule has 0 aliphatic rings. The highest BCUT2D eigenvalue weighted by molar-refractivity contribution is 7.90. The molecule has 3 rings (SSSR count). The van der Waals surface area contributed by atoms with E-state index in [1.807, 2.05) is 57.4 Å². The van der Waals surface area contributed by atoms with Gasteiger partial charge in [-0.1, -0.05) is 31.2 Å². The van der Waals surface area contributed by atoms with E-state index in [9.17, 15) is 8.42 Å². The van der Waals surface area contributed by atoms with Gasteiger partial charge in [-0.3, -0.25) is 0 Å². The highest BCUT2D eigenvalue weighted by Gasteiger charge is 2.20. The Labute approximate surface area is 161 Å². The molecule has 0 amide bonds. The third kappa shape index (κ3) is 4.17. The van der Waals surface area contributed by atoms with E-state index in [0.29, 0.717) is 17.9 Å². The Morgan fingerprint density at radius 1 is 1.07 bits per heavy atom. The van der Waals surface area contributed by atoms with Crippen molar-refractivity contribution in [3.63, 3.8) is 0 Å². The molecular formula is C21H26N2O3S. The summed E-state index contributed by atoms with van der Waals surface area (Å²) in [6, 6.07) is 14.4. The topological polar surface area (TPSA) is 51.5 Å². The van der Waals surface area contributed by atoms with Crippen LogP contribution >= 0.6 is 0 Å². The van der Waals surface area contributed by atoms with Crippen LogP contribution in [0.3, 0.4) is 0 Å². The molecule has 0 saturated carbocycles. The molecule has 27 heavy (non-hydrogen) atoms. The van der Waals surface area contributed by atoms with E-state index in [4.69, 9.17) is 4.74 Å². The van der Waals surface area contributed by atoms with Gasteiger partial charge in [0, 0.05) is 24.2 Å². The van der Waals surface area contributed by atoms with Gasteiger partial charge < -0.3 is 9.64 Å². The Hall–Kier alpha value is -2.31. The summed E-state index contributed by atoms with van der Waals surface area (Å²) in [6.45, 7) is 3.52. The number of benzene rings is 2. The number of ether oxygens (including phenoxy) is 1. The van der Waals surface area contributed by atoms with Crippen molar-refractivity contribution in [1.82, 2.24) is 8.87 Å². The third-order valence-electron chi connectivity index (χ3n) is 4.55. The summed E-state index contributed by atoms with van der Waals surface area (Å²) in [5.41, 5.74) is 1.68. The zero-order valence-electron chi connectivity index (χ0n) is 16.1. The molecule has 6 heteroatoms. The molecule has 0 atom stereocenters. The summed E-state index contributed by atoms with van der Waals surface area (Å²) in [5, 5.41) is 0.895. The molecule has 0 N–H and O–H groups in total. The summed E-state index contributed by atoms with van der Waals surface area (Å²) in [7, 11) is 0.355. The smallest absolute Gasteiger partial charge is 0.268 e. The van der Waals surface area contributed by atoms with Gasteiger partial charge in [-0.15, -0.1) is 0 Å². The minimum absolute atomic E-state index is 0.240.